The Morgan fingerprint density at radius 1 is 1.00 bits per heavy atom. The van der Waals surface area contributed by atoms with Crippen LogP contribution in [-0.2, 0) is 5.41 Å². The van der Waals surface area contributed by atoms with E-state index in [1.54, 1.807) is 22.3 Å². The lowest BCUT2D eigenvalue weighted by Crippen LogP contribution is -2.25. The number of allylic oxidation sites excluding steroid dienone is 2. The maximum Gasteiger partial charge on any atom is 0.0171 e. The summed E-state index contributed by atoms with van der Waals surface area (Å²) in [7, 11) is 0. The van der Waals surface area contributed by atoms with Crippen molar-refractivity contribution in [1.29, 1.82) is 0 Å². The molecule has 0 N–H and O–H groups in total. The van der Waals surface area contributed by atoms with Gasteiger partial charge in [-0.3, -0.25) is 0 Å². The van der Waals surface area contributed by atoms with E-state index in [1.807, 2.05) is 0 Å². The molecule has 1 aromatic carbocycles. The van der Waals surface area contributed by atoms with Crippen LogP contribution in [0.1, 0.15) is 76.5 Å². The van der Waals surface area contributed by atoms with Gasteiger partial charge in [-0.05, 0) is 49.3 Å². The van der Waals surface area contributed by atoms with Crippen LogP contribution in [-0.4, -0.2) is 0 Å². The molecule has 1 aliphatic rings. The molecule has 0 saturated carbocycles. The lowest BCUT2D eigenvalue weighted by molar-refractivity contribution is 0.438. The van der Waals surface area contributed by atoms with E-state index >= 15 is 0 Å². The minimum Gasteiger partial charge on any atom is -0.0653 e. The summed E-state index contributed by atoms with van der Waals surface area (Å²) in [4.78, 5) is 0. The van der Waals surface area contributed by atoms with Gasteiger partial charge in [0.2, 0.25) is 0 Å². The second-order valence-corrected chi connectivity index (χ2v) is 5.90. The Morgan fingerprint density at radius 2 is 1.74 bits per heavy atom. The van der Waals surface area contributed by atoms with Crippen LogP contribution in [0.4, 0.5) is 0 Å². The lowest BCUT2D eigenvalue weighted by Gasteiger charge is -2.33. The summed E-state index contributed by atoms with van der Waals surface area (Å²) in [5, 5.41) is 0. The second kappa shape index (κ2) is 5.53. The molecule has 0 fully saturated rings. The molecule has 0 aromatic heterocycles. The fourth-order valence-corrected chi connectivity index (χ4v) is 4.18. The summed E-state index contributed by atoms with van der Waals surface area (Å²) in [6.07, 6.45) is 6.17. The molecular formula is C19H28. The fourth-order valence-electron chi connectivity index (χ4n) is 4.18. The zero-order chi connectivity index (χ0) is 14.0. The molecule has 0 radical (unpaired) electrons. The second-order valence-electron chi connectivity index (χ2n) is 5.90. The molecular weight excluding hydrogens is 228 g/mol. The van der Waals surface area contributed by atoms with E-state index in [9.17, 15) is 0 Å². The summed E-state index contributed by atoms with van der Waals surface area (Å²) in [5.74, 6) is 0. The molecule has 0 heteroatoms. The Labute approximate surface area is 118 Å². The van der Waals surface area contributed by atoms with Crippen molar-refractivity contribution in [3.8, 4) is 0 Å². The van der Waals surface area contributed by atoms with Gasteiger partial charge in [0, 0.05) is 5.41 Å². The Kier molecular flexibility index (Phi) is 4.18. The molecule has 1 unspecified atom stereocenters. The summed E-state index contributed by atoms with van der Waals surface area (Å²) in [5.41, 5.74) is 8.25. The molecule has 1 atom stereocenters. The SMILES string of the molecule is CCCC1(CC)C(CC)=C(CC)c2ccc(C)cc21. The van der Waals surface area contributed by atoms with Crippen LogP contribution in [0.25, 0.3) is 5.57 Å². The minimum absolute atomic E-state index is 0.330. The normalized spacial score (nSPS) is 21.9. The number of benzene rings is 1. The van der Waals surface area contributed by atoms with Gasteiger partial charge in [0.1, 0.15) is 0 Å². The summed E-state index contributed by atoms with van der Waals surface area (Å²) in [6, 6.07) is 7.10. The Hall–Kier alpha value is -1.04. The molecule has 0 spiro atoms. The highest BCUT2D eigenvalue weighted by molar-refractivity contribution is 5.80. The van der Waals surface area contributed by atoms with Gasteiger partial charge < -0.3 is 0 Å². The molecule has 1 aromatic rings. The van der Waals surface area contributed by atoms with Gasteiger partial charge in [0.15, 0.2) is 0 Å². The van der Waals surface area contributed by atoms with Crippen LogP contribution >= 0.6 is 0 Å². The van der Waals surface area contributed by atoms with E-state index in [4.69, 9.17) is 0 Å². The van der Waals surface area contributed by atoms with Gasteiger partial charge in [-0.1, -0.05) is 63.5 Å². The van der Waals surface area contributed by atoms with Gasteiger partial charge in [0.05, 0.1) is 0 Å². The standard InChI is InChI=1S/C19H28/c1-6-12-19(9-4)17(8-3)15(7-2)16-11-10-14(5)13-18(16)19/h10-11,13H,6-9,12H2,1-5H3. The highest BCUT2D eigenvalue weighted by Crippen LogP contribution is 2.53. The maximum absolute atomic E-state index is 2.45. The van der Waals surface area contributed by atoms with Crippen molar-refractivity contribution in [3.05, 3.63) is 40.5 Å². The average Bonchev–Trinajstić information content (AvgIpc) is 2.68. The van der Waals surface area contributed by atoms with Crippen LogP contribution in [0.2, 0.25) is 0 Å². The van der Waals surface area contributed by atoms with Crippen molar-refractivity contribution >= 4 is 5.57 Å². The molecule has 104 valence electrons. The minimum atomic E-state index is 0.330. The third kappa shape index (κ3) is 2.06. The molecule has 1 aliphatic carbocycles. The van der Waals surface area contributed by atoms with E-state index in [2.05, 4.69) is 52.8 Å². The predicted molar refractivity (Wildman–Crippen MR) is 85.6 cm³/mol. The highest BCUT2D eigenvalue weighted by atomic mass is 14.4. The molecule has 0 saturated heterocycles. The van der Waals surface area contributed by atoms with Gasteiger partial charge >= 0.3 is 0 Å². The van der Waals surface area contributed by atoms with E-state index in [0.29, 0.717) is 5.41 Å². The van der Waals surface area contributed by atoms with Crippen LogP contribution in [0.15, 0.2) is 23.8 Å². The summed E-state index contributed by atoms with van der Waals surface area (Å²) >= 11 is 0. The third-order valence-corrected chi connectivity index (χ3v) is 4.95. The number of aryl methyl sites for hydroxylation is 1. The quantitative estimate of drug-likeness (QED) is 0.603. The summed E-state index contributed by atoms with van der Waals surface area (Å²) < 4.78 is 0. The Balaban J connectivity index is 2.71. The van der Waals surface area contributed by atoms with E-state index in [1.165, 1.54) is 37.7 Å². The lowest BCUT2D eigenvalue weighted by atomic mass is 9.70. The van der Waals surface area contributed by atoms with E-state index in [-0.39, 0.29) is 0 Å². The smallest absolute Gasteiger partial charge is 0.0171 e. The van der Waals surface area contributed by atoms with Crippen molar-refractivity contribution in [2.45, 2.75) is 72.1 Å². The van der Waals surface area contributed by atoms with Gasteiger partial charge in [-0.15, -0.1) is 0 Å². The first kappa shape index (κ1) is 14.4. The van der Waals surface area contributed by atoms with Gasteiger partial charge in [-0.25, -0.2) is 0 Å². The molecule has 0 aliphatic heterocycles. The first-order valence-electron chi connectivity index (χ1n) is 7.98. The predicted octanol–water partition coefficient (Wildman–Crippen LogP) is 6.03. The van der Waals surface area contributed by atoms with Crippen molar-refractivity contribution in [1.82, 2.24) is 0 Å². The van der Waals surface area contributed by atoms with Crippen LogP contribution in [0, 0.1) is 6.92 Å². The topological polar surface area (TPSA) is 0 Å². The van der Waals surface area contributed by atoms with Crippen molar-refractivity contribution in [2.24, 2.45) is 0 Å². The van der Waals surface area contributed by atoms with Crippen LogP contribution in [0.3, 0.4) is 0 Å². The molecule has 0 heterocycles. The van der Waals surface area contributed by atoms with Gasteiger partial charge in [-0.2, -0.15) is 0 Å². The molecule has 0 bridgehead atoms. The highest BCUT2D eigenvalue weighted by Gasteiger charge is 2.41. The number of fused-ring (bicyclic) bond motifs is 1. The zero-order valence-electron chi connectivity index (χ0n) is 13.3. The van der Waals surface area contributed by atoms with Gasteiger partial charge in [0.25, 0.3) is 0 Å². The molecule has 0 amide bonds. The van der Waals surface area contributed by atoms with E-state index in [0.717, 1.165) is 0 Å². The van der Waals surface area contributed by atoms with Crippen molar-refractivity contribution < 1.29 is 0 Å². The number of rotatable bonds is 5. The maximum atomic E-state index is 2.45. The number of hydrogen-bond acceptors (Lipinski definition) is 0. The average molecular weight is 256 g/mol. The Bertz CT molecular complexity index is 493. The first-order valence-corrected chi connectivity index (χ1v) is 7.98. The Morgan fingerprint density at radius 3 is 2.26 bits per heavy atom. The third-order valence-electron chi connectivity index (χ3n) is 4.95. The first-order chi connectivity index (χ1) is 9.14. The number of hydrogen-bond donors (Lipinski definition) is 0. The largest absolute Gasteiger partial charge is 0.0653 e. The van der Waals surface area contributed by atoms with Crippen LogP contribution in [0.5, 0.6) is 0 Å². The molecule has 2 rings (SSSR count). The fraction of sp³-hybridized carbons (Fsp3) is 0.579. The van der Waals surface area contributed by atoms with E-state index < -0.39 is 0 Å². The van der Waals surface area contributed by atoms with Crippen LogP contribution < -0.4 is 0 Å². The molecule has 19 heavy (non-hydrogen) atoms. The zero-order valence-corrected chi connectivity index (χ0v) is 13.3. The monoisotopic (exact) mass is 256 g/mol. The molecule has 0 nitrogen and oxygen atoms in total. The summed E-state index contributed by atoms with van der Waals surface area (Å²) in [6.45, 7) is 11.6. The van der Waals surface area contributed by atoms with Crippen molar-refractivity contribution in [2.75, 3.05) is 0 Å². The van der Waals surface area contributed by atoms with Crippen molar-refractivity contribution in [3.63, 3.8) is 0 Å².